The number of imidazole rings is 1. The quantitative estimate of drug-likeness (QED) is 0.616. The third-order valence-electron chi connectivity index (χ3n) is 4.81. The number of hydrogen-bond donors (Lipinski definition) is 2. The lowest BCUT2D eigenvalue weighted by molar-refractivity contribution is -0.0810. The number of nitrogens with two attached hydrogens (primary N) is 1. The number of methoxy groups -OCH3 is 1. The average molecular weight is 280 g/mol. The highest BCUT2D eigenvalue weighted by molar-refractivity contribution is 4.99. The number of nitrogens with one attached hydrogen (secondary N) is 1. The number of aryl methyl sites for hydroxylation is 2. The van der Waals surface area contributed by atoms with Gasteiger partial charge in [0.25, 0.3) is 0 Å². The van der Waals surface area contributed by atoms with E-state index < -0.39 is 0 Å². The largest absolute Gasteiger partial charge is 0.377 e. The fraction of sp³-hybridized carbons (Fsp3) is 0.800. The third kappa shape index (κ3) is 3.22. The molecular weight excluding hydrogens is 252 g/mol. The molecule has 114 valence electrons. The number of nitrogens with zero attached hydrogens (tertiary/aromatic N) is 2. The molecule has 5 heteroatoms. The summed E-state index contributed by atoms with van der Waals surface area (Å²) in [5.41, 5.74) is 2.88. The van der Waals surface area contributed by atoms with Crippen LogP contribution in [-0.2, 0) is 18.2 Å². The second-order valence-electron chi connectivity index (χ2n) is 6.18. The van der Waals surface area contributed by atoms with Crippen molar-refractivity contribution in [3.05, 3.63) is 18.2 Å². The van der Waals surface area contributed by atoms with Gasteiger partial charge in [0.2, 0.25) is 0 Å². The number of rotatable bonds is 6. The van der Waals surface area contributed by atoms with Gasteiger partial charge < -0.3 is 9.30 Å². The van der Waals surface area contributed by atoms with E-state index >= 15 is 0 Å². The zero-order chi connectivity index (χ0) is 14.6. The van der Waals surface area contributed by atoms with Crippen molar-refractivity contribution < 1.29 is 4.74 Å². The van der Waals surface area contributed by atoms with E-state index in [-0.39, 0.29) is 11.6 Å². The van der Waals surface area contributed by atoms with Crippen LogP contribution in [0.2, 0.25) is 0 Å². The molecule has 0 bridgehead atoms. The number of aromatic nitrogens is 2. The van der Waals surface area contributed by atoms with Crippen LogP contribution >= 0.6 is 0 Å². The van der Waals surface area contributed by atoms with Crippen molar-refractivity contribution in [1.29, 1.82) is 0 Å². The number of hydrogen-bond acceptors (Lipinski definition) is 4. The summed E-state index contributed by atoms with van der Waals surface area (Å²) in [6.45, 7) is 2.30. The Morgan fingerprint density at radius 1 is 1.65 bits per heavy atom. The first-order valence-electron chi connectivity index (χ1n) is 7.59. The Bertz CT molecular complexity index is 420. The minimum absolute atomic E-state index is 0.127. The summed E-state index contributed by atoms with van der Waals surface area (Å²) < 4.78 is 8.00. The van der Waals surface area contributed by atoms with Crippen LogP contribution in [0.5, 0.6) is 0 Å². The van der Waals surface area contributed by atoms with Gasteiger partial charge in [-0.3, -0.25) is 11.3 Å². The molecular formula is C15H28N4O. The molecule has 0 amide bonds. The molecule has 3 atom stereocenters. The van der Waals surface area contributed by atoms with Crippen molar-refractivity contribution in [2.75, 3.05) is 7.11 Å². The highest BCUT2D eigenvalue weighted by Crippen LogP contribution is 2.38. The van der Waals surface area contributed by atoms with Crippen LogP contribution < -0.4 is 11.3 Å². The summed E-state index contributed by atoms with van der Waals surface area (Å²) in [7, 11) is 3.85. The van der Waals surface area contributed by atoms with E-state index in [9.17, 15) is 0 Å². The van der Waals surface area contributed by atoms with Gasteiger partial charge in [-0.25, -0.2) is 4.98 Å². The van der Waals surface area contributed by atoms with E-state index in [4.69, 9.17) is 10.6 Å². The van der Waals surface area contributed by atoms with Crippen molar-refractivity contribution in [1.82, 2.24) is 15.0 Å². The van der Waals surface area contributed by atoms with Crippen molar-refractivity contribution in [3.63, 3.8) is 0 Å². The summed E-state index contributed by atoms with van der Waals surface area (Å²) in [5, 5.41) is 0. The maximum absolute atomic E-state index is 5.93. The second kappa shape index (κ2) is 6.70. The van der Waals surface area contributed by atoms with Gasteiger partial charge in [0.05, 0.1) is 11.6 Å². The molecule has 5 nitrogen and oxygen atoms in total. The van der Waals surface area contributed by atoms with Gasteiger partial charge in [0, 0.05) is 33.0 Å². The van der Waals surface area contributed by atoms with E-state index in [0.29, 0.717) is 5.92 Å². The van der Waals surface area contributed by atoms with Crippen LogP contribution in [0.15, 0.2) is 12.4 Å². The highest BCUT2D eigenvalue weighted by Gasteiger charge is 2.41. The zero-order valence-electron chi connectivity index (χ0n) is 12.9. The molecule has 1 heterocycles. The lowest BCUT2D eigenvalue weighted by atomic mass is 9.73. The Labute approximate surface area is 121 Å². The lowest BCUT2D eigenvalue weighted by Gasteiger charge is -2.44. The van der Waals surface area contributed by atoms with Crippen LogP contribution in [0.1, 0.15) is 44.9 Å². The van der Waals surface area contributed by atoms with Gasteiger partial charge in [0.15, 0.2) is 0 Å². The molecule has 1 aromatic rings. The minimum Gasteiger partial charge on any atom is -0.377 e. The van der Waals surface area contributed by atoms with E-state index in [1.807, 2.05) is 26.6 Å². The highest BCUT2D eigenvalue weighted by atomic mass is 16.5. The fourth-order valence-corrected chi connectivity index (χ4v) is 3.60. The Morgan fingerprint density at radius 3 is 3.00 bits per heavy atom. The summed E-state index contributed by atoms with van der Waals surface area (Å²) in [4.78, 5) is 4.38. The monoisotopic (exact) mass is 280 g/mol. The molecule has 2 rings (SSSR count). The lowest BCUT2D eigenvalue weighted by Crippen LogP contribution is -2.56. The van der Waals surface area contributed by atoms with E-state index in [0.717, 1.165) is 31.5 Å². The standard InChI is InChI=1S/C15H28N4O/c1-12-5-4-8-15(11-12,20-3)13(18-16)6-7-14-17-9-10-19(14)2/h9-10,12-13,18H,4-8,11,16H2,1-3H3. The maximum atomic E-state index is 5.93. The first-order valence-corrected chi connectivity index (χ1v) is 7.59. The molecule has 0 spiro atoms. The molecule has 0 aromatic carbocycles. The molecule has 1 aliphatic carbocycles. The summed E-state index contributed by atoms with van der Waals surface area (Å²) in [6.07, 6.45) is 10.4. The Hall–Kier alpha value is -0.910. The van der Waals surface area contributed by atoms with E-state index in [1.165, 1.54) is 12.8 Å². The molecule has 20 heavy (non-hydrogen) atoms. The second-order valence-corrected chi connectivity index (χ2v) is 6.18. The first-order chi connectivity index (χ1) is 9.61. The van der Waals surface area contributed by atoms with Crippen LogP contribution in [0.3, 0.4) is 0 Å². The molecule has 0 saturated heterocycles. The molecule has 1 aliphatic rings. The van der Waals surface area contributed by atoms with Gasteiger partial charge in [-0.2, -0.15) is 0 Å². The van der Waals surface area contributed by atoms with Gasteiger partial charge >= 0.3 is 0 Å². The fourth-order valence-electron chi connectivity index (χ4n) is 3.60. The first kappa shape index (κ1) is 15.5. The predicted molar refractivity (Wildman–Crippen MR) is 80.0 cm³/mol. The maximum Gasteiger partial charge on any atom is 0.108 e. The van der Waals surface area contributed by atoms with Crippen LogP contribution in [0, 0.1) is 5.92 Å². The van der Waals surface area contributed by atoms with Crippen LogP contribution in [-0.4, -0.2) is 28.3 Å². The Kier molecular flexibility index (Phi) is 5.18. The third-order valence-corrected chi connectivity index (χ3v) is 4.81. The van der Waals surface area contributed by atoms with Crippen molar-refractivity contribution in [3.8, 4) is 0 Å². The normalized spacial score (nSPS) is 28.5. The van der Waals surface area contributed by atoms with E-state index in [1.54, 1.807) is 0 Å². The van der Waals surface area contributed by atoms with Gasteiger partial charge in [-0.15, -0.1) is 0 Å². The van der Waals surface area contributed by atoms with Crippen molar-refractivity contribution in [2.24, 2.45) is 18.8 Å². The number of ether oxygens (including phenoxy) is 1. The molecule has 0 aliphatic heterocycles. The van der Waals surface area contributed by atoms with Crippen LogP contribution in [0.4, 0.5) is 0 Å². The van der Waals surface area contributed by atoms with Crippen molar-refractivity contribution in [2.45, 2.75) is 57.1 Å². The summed E-state index contributed by atoms with van der Waals surface area (Å²) in [5.74, 6) is 7.63. The minimum atomic E-state index is -0.127. The Morgan fingerprint density at radius 2 is 2.45 bits per heavy atom. The summed E-state index contributed by atoms with van der Waals surface area (Å²) in [6, 6.07) is 0.173. The summed E-state index contributed by atoms with van der Waals surface area (Å²) >= 11 is 0. The zero-order valence-corrected chi connectivity index (χ0v) is 12.9. The molecule has 3 N–H and O–H groups in total. The number of hydrazine groups is 1. The molecule has 1 fully saturated rings. The predicted octanol–water partition coefficient (Wildman–Crippen LogP) is 1.78. The molecule has 1 saturated carbocycles. The SMILES string of the molecule is COC1(C(CCc2nccn2C)NN)CCCC(C)C1. The Balaban J connectivity index is 2.03. The van der Waals surface area contributed by atoms with Crippen molar-refractivity contribution >= 4 is 0 Å². The molecule has 0 radical (unpaired) electrons. The van der Waals surface area contributed by atoms with Crippen LogP contribution in [0.25, 0.3) is 0 Å². The van der Waals surface area contributed by atoms with Gasteiger partial charge in [-0.1, -0.05) is 19.8 Å². The van der Waals surface area contributed by atoms with Gasteiger partial charge in [-0.05, 0) is 25.2 Å². The topological polar surface area (TPSA) is 65.1 Å². The van der Waals surface area contributed by atoms with Gasteiger partial charge in [0.1, 0.15) is 5.82 Å². The molecule has 1 aromatic heterocycles. The molecule has 3 unspecified atom stereocenters. The van der Waals surface area contributed by atoms with E-state index in [2.05, 4.69) is 21.9 Å². The average Bonchev–Trinajstić information content (AvgIpc) is 2.85. The smallest absolute Gasteiger partial charge is 0.108 e.